The van der Waals surface area contributed by atoms with Gasteiger partial charge < -0.3 is 24.6 Å². The fourth-order valence-electron chi connectivity index (χ4n) is 3.09. The normalized spacial score (nSPS) is 23.0. The van der Waals surface area contributed by atoms with Crippen molar-refractivity contribution in [2.24, 2.45) is 0 Å². The van der Waals surface area contributed by atoms with Crippen molar-refractivity contribution >= 4 is 17.5 Å². The van der Waals surface area contributed by atoms with Crippen LogP contribution in [-0.2, 0) is 14.3 Å². The third kappa shape index (κ3) is 6.03. The fraction of sp³-hybridized carbons (Fsp3) is 0.556. The molecule has 1 aromatic carbocycles. The van der Waals surface area contributed by atoms with E-state index in [4.69, 9.17) is 9.47 Å². The highest BCUT2D eigenvalue weighted by molar-refractivity contribution is 5.94. The molecular formula is C18H28N3O4+. The Balaban J connectivity index is 1.82. The molecule has 1 fully saturated rings. The first-order valence-corrected chi connectivity index (χ1v) is 8.54. The molecule has 2 amide bonds. The molecule has 0 bridgehead atoms. The number of hydrogen-bond acceptors (Lipinski definition) is 4. The van der Waals surface area contributed by atoms with E-state index >= 15 is 0 Å². The first-order chi connectivity index (χ1) is 11.9. The van der Waals surface area contributed by atoms with E-state index in [2.05, 4.69) is 5.32 Å². The molecule has 1 aliphatic rings. The number of methoxy groups -OCH3 is 1. The Bertz CT molecular complexity index is 598. The van der Waals surface area contributed by atoms with Crippen LogP contribution < -0.4 is 15.0 Å². The van der Waals surface area contributed by atoms with Crippen molar-refractivity contribution < 1.29 is 24.0 Å². The summed E-state index contributed by atoms with van der Waals surface area (Å²) in [6.45, 7) is 6.04. The molecule has 3 atom stereocenters. The van der Waals surface area contributed by atoms with Gasteiger partial charge in [-0.2, -0.15) is 0 Å². The third-order valence-corrected chi connectivity index (χ3v) is 4.18. The number of nitrogens with one attached hydrogen (secondary N) is 2. The largest absolute Gasteiger partial charge is 0.497 e. The van der Waals surface area contributed by atoms with E-state index in [1.54, 1.807) is 38.4 Å². The number of quaternary nitrogens is 1. The monoisotopic (exact) mass is 350 g/mol. The van der Waals surface area contributed by atoms with Gasteiger partial charge in [0.1, 0.15) is 31.0 Å². The molecule has 0 aliphatic carbocycles. The number of hydrogen-bond donors (Lipinski definition) is 2. The van der Waals surface area contributed by atoms with Gasteiger partial charge in [0.15, 0.2) is 6.54 Å². The van der Waals surface area contributed by atoms with Gasteiger partial charge in [-0.05, 0) is 26.0 Å². The molecular weight excluding hydrogens is 322 g/mol. The van der Waals surface area contributed by atoms with Gasteiger partial charge in [0.05, 0.1) is 13.7 Å². The number of benzene rings is 1. The number of carbonyl (C=O) groups excluding carboxylic acids is 2. The summed E-state index contributed by atoms with van der Waals surface area (Å²) in [5, 5.41) is 2.78. The van der Waals surface area contributed by atoms with E-state index in [1.807, 2.05) is 13.8 Å². The van der Waals surface area contributed by atoms with Crippen LogP contribution in [0.3, 0.4) is 0 Å². The van der Waals surface area contributed by atoms with Crippen LogP contribution in [-0.4, -0.2) is 69.3 Å². The minimum absolute atomic E-state index is 0.0188. The number of ether oxygens (including phenoxy) is 2. The summed E-state index contributed by atoms with van der Waals surface area (Å²) in [6.07, 6.45) is 0.293. The zero-order valence-electron chi connectivity index (χ0n) is 15.4. The topological polar surface area (TPSA) is 72.3 Å². The highest BCUT2D eigenvalue weighted by atomic mass is 16.5. The maximum Gasteiger partial charge on any atom is 0.277 e. The summed E-state index contributed by atoms with van der Waals surface area (Å²) in [7, 11) is 3.23. The zero-order valence-corrected chi connectivity index (χ0v) is 15.4. The molecule has 7 heteroatoms. The Labute approximate surface area is 148 Å². The Morgan fingerprint density at radius 3 is 2.64 bits per heavy atom. The van der Waals surface area contributed by atoms with Crippen LogP contribution in [0.25, 0.3) is 0 Å². The number of amides is 2. The van der Waals surface area contributed by atoms with E-state index in [0.29, 0.717) is 18.0 Å². The first-order valence-electron chi connectivity index (χ1n) is 8.54. The summed E-state index contributed by atoms with van der Waals surface area (Å²) < 4.78 is 10.8. The van der Waals surface area contributed by atoms with Crippen molar-refractivity contribution in [3.8, 4) is 5.75 Å². The van der Waals surface area contributed by atoms with Crippen LogP contribution in [0.2, 0.25) is 0 Å². The molecule has 0 saturated carbocycles. The highest BCUT2D eigenvalue weighted by Crippen LogP contribution is 2.16. The smallest absolute Gasteiger partial charge is 0.277 e. The number of carbonyl (C=O) groups is 2. The number of rotatable bonds is 6. The second kappa shape index (κ2) is 8.82. The fourth-order valence-corrected chi connectivity index (χ4v) is 3.09. The molecule has 138 valence electrons. The van der Waals surface area contributed by atoms with E-state index in [1.165, 1.54) is 9.80 Å². The summed E-state index contributed by atoms with van der Waals surface area (Å²) in [4.78, 5) is 27.2. The van der Waals surface area contributed by atoms with Crippen LogP contribution in [0.15, 0.2) is 24.3 Å². The first kappa shape index (κ1) is 19.2. The van der Waals surface area contributed by atoms with Gasteiger partial charge in [-0.3, -0.25) is 9.59 Å². The molecule has 7 nitrogen and oxygen atoms in total. The lowest BCUT2D eigenvalue weighted by Crippen LogP contribution is -3.16. The quantitative estimate of drug-likeness (QED) is 0.744. The molecule has 1 aliphatic heterocycles. The van der Waals surface area contributed by atoms with Crippen molar-refractivity contribution in [3.05, 3.63) is 24.3 Å². The maximum atomic E-state index is 12.4. The molecule has 2 rings (SSSR count). The van der Waals surface area contributed by atoms with Crippen molar-refractivity contribution in [2.75, 3.05) is 45.7 Å². The van der Waals surface area contributed by atoms with Crippen LogP contribution >= 0.6 is 0 Å². The lowest BCUT2D eigenvalue weighted by molar-refractivity contribution is -0.907. The van der Waals surface area contributed by atoms with Gasteiger partial charge >= 0.3 is 0 Å². The SMILES string of the molecule is COc1cccc(NC(=O)CN(C)C(=O)C[NH+]2C[C@@H](C)O[C@@H](C)C2)c1. The van der Waals surface area contributed by atoms with Gasteiger partial charge in [0, 0.05) is 18.8 Å². The van der Waals surface area contributed by atoms with Gasteiger partial charge in [0.25, 0.3) is 5.91 Å². The molecule has 0 spiro atoms. The Kier molecular flexibility index (Phi) is 6.78. The average molecular weight is 350 g/mol. The van der Waals surface area contributed by atoms with Crippen molar-refractivity contribution in [1.82, 2.24) is 4.90 Å². The van der Waals surface area contributed by atoms with Crippen LogP contribution in [0.1, 0.15) is 13.8 Å². The van der Waals surface area contributed by atoms with E-state index in [-0.39, 0.29) is 30.6 Å². The van der Waals surface area contributed by atoms with Crippen molar-refractivity contribution in [1.29, 1.82) is 0 Å². The second-order valence-corrected chi connectivity index (χ2v) is 6.62. The van der Waals surface area contributed by atoms with Gasteiger partial charge in [-0.15, -0.1) is 0 Å². The summed E-state index contributed by atoms with van der Waals surface area (Å²) in [5.41, 5.74) is 0.645. The lowest BCUT2D eigenvalue weighted by atomic mass is 10.2. The Morgan fingerprint density at radius 2 is 2.00 bits per heavy atom. The second-order valence-electron chi connectivity index (χ2n) is 6.62. The van der Waals surface area contributed by atoms with Crippen LogP contribution in [0.5, 0.6) is 5.75 Å². The predicted octanol–water partition coefficient (Wildman–Crippen LogP) is -0.216. The van der Waals surface area contributed by atoms with E-state index < -0.39 is 0 Å². The van der Waals surface area contributed by atoms with Crippen LogP contribution in [0, 0.1) is 0 Å². The Morgan fingerprint density at radius 1 is 1.32 bits per heavy atom. The third-order valence-electron chi connectivity index (χ3n) is 4.18. The summed E-state index contributed by atoms with van der Waals surface area (Å²) in [5.74, 6) is 0.390. The minimum atomic E-state index is -0.234. The molecule has 1 heterocycles. The molecule has 25 heavy (non-hydrogen) atoms. The number of nitrogens with zero attached hydrogens (tertiary/aromatic N) is 1. The van der Waals surface area contributed by atoms with Gasteiger partial charge in [-0.1, -0.05) is 6.07 Å². The number of likely N-dealkylation sites (N-methyl/N-ethyl adjacent to an activating group) is 1. The maximum absolute atomic E-state index is 12.4. The summed E-state index contributed by atoms with van der Waals surface area (Å²) >= 11 is 0. The van der Waals surface area contributed by atoms with Gasteiger partial charge in [0.2, 0.25) is 5.91 Å². The standard InChI is InChI=1S/C18H27N3O4/c1-13-9-21(10-14(2)25-13)12-18(23)20(3)11-17(22)19-15-6-5-7-16(8-15)24-4/h5-8,13-14H,9-12H2,1-4H3,(H,19,22)/p+1/t13-,14+. The lowest BCUT2D eigenvalue weighted by Gasteiger charge is -2.32. The molecule has 1 unspecified atom stereocenters. The molecule has 1 aromatic rings. The Hall–Kier alpha value is -2.12. The predicted molar refractivity (Wildman–Crippen MR) is 94.8 cm³/mol. The van der Waals surface area contributed by atoms with Crippen molar-refractivity contribution in [3.63, 3.8) is 0 Å². The average Bonchev–Trinajstić information content (AvgIpc) is 2.53. The van der Waals surface area contributed by atoms with E-state index in [0.717, 1.165) is 13.1 Å². The molecule has 2 N–H and O–H groups in total. The molecule has 0 radical (unpaired) electrons. The van der Waals surface area contributed by atoms with Gasteiger partial charge in [-0.25, -0.2) is 0 Å². The zero-order chi connectivity index (χ0) is 18.4. The van der Waals surface area contributed by atoms with Crippen molar-refractivity contribution in [2.45, 2.75) is 26.1 Å². The van der Waals surface area contributed by atoms with E-state index in [9.17, 15) is 9.59 Å². The van der Waals surface area contributed by atoms with Crippen LogP contribution in [0.4, 0.5) is 5.69 Å². The summed E-state index contributed by atoms with van der Waals surface area (Å²) in [6, 6.07) is 7.12. The number of morpholine rings is 1. The highest BCUT2D eigenvalue weighted by Gasteiger charge is 2.28. The number of anilines is 1. The molecule has 0 aromatic heterocycles. The minimum Gasteiger partial charge on any atom is -0.497 e. The molecule has 1 saturated heterocycles.